The summed E-state index contributed by atoms with van der Waals surface area (Å²) in [6, 6.07) is 20.3. The molecule has 164 valence electrons. The van der Waals surface area contributed by atoms with Crippen LogP contribution in [0.3, 0.4) is 0 Å². The lowest BCUT2D eigenvalue weighted by Gasteiger charge is -2.41. The van der Waals surface area contributed by atoms with Gasteiger partial charge >= 0.3 is 0 Å². The summed E-state index contributed by atoms with van der Waals surface area (Å²) in [6.07, 6.45) is -0.156. The molecule has 4 rings (SSSR count). The van der Waals surface area contributed by atoms with Gasteiger partial charge in [0.05, 0.1) is 11.4 Å². The molecule has 0 spiro atoms. The fraction of sp³-hybridized carbons (Fsp3) is 0.440. The number of hydrogen-bond donors (Lipinski definition) is 0. The highest BCUT2D eigenvalue weighted by Crippen LogP contribution is 2.40. The van der Waals surface area contributed by atoms with Crippen LogP contribution in [-0.2, 0) is 19.1 Å². The first-order valence-electron chi connectivity index (χ1n) is 11.0. The Hall–Kier alpha value is -2.70. The van der Waals surface area contributed by atoms with E-state index in [-0.39, 0.29) is 17.8 Å². The number of oxime groups is 2. The van der Waals surface area contributed by atoms with Crippen molar-refractivity contribution in [2.45, 2.75) is 39.8 Å². The lowest BCUT2D eigenvalue weighted by atomic mass is 9.73. The van der Waals surface area contributed by atoms with E-state index in [2.05, 4.69) is 41.5 Å². The third kappa shape index (κ3) is 4.65. The van der Waals surface area contributed by atoms with E-state index in [0.29, 0.717) is 19.6 Å². The van der Waals surface area contributed by atoms with Crippen LogP contribution in [0, 0.1) is 17.8 Å². The maximum Gasteiger partial charge on any atom is 0.230 e. The molecular formula is C25H30N2O4. The summed E-state index contributed by atoms with van der Waals surface area (Å²) in [5, 5.41) is 8.95. The molecule has 0 amide bonds. The van der Waals surface area contributed by atoms with Crippen LogP contribution in [0.4, 0.5) is 0 Å². The first-order chi connectivity index (χ1) is 15.2. The van der Waals surface area contributed by atoms with Crippen LogP contribution in [0.1, 0.15) is 38.3 Å². The van der Waals surface area contributed by atoms with E-state index < -0.39 is 12.6 Å². The Morgan fingerprint density at radius 1 is 0.806 bits per heavy atom. The van der Waals surface area contributed by atoms with Gasteiger partial charge in [-0.2, -0.15) is 0 Å². The molecule has 0 aromatic heterocycles. The lowest BCUT2D eigenvalue weighted by molar-refractivity contribution is -0.213. The molecule has 2 aliphatic rings. The zero-order chi connectivity index (χ0) is 21.6. The maximum atomic E-state index is 5.99. The van der Waals surface area contributed by atoms with Crippen LogP contribution in [0.15, 0.2) is 71.0 Å². The van der Waals surface area contributed by atoms with Gasteiger partial charge in [0, 0.05) is 37.4 Å². The second-order valence-corrected chi connectivity index (χ2v) is 7.86. The van der Waals surface area contributed by atoms with Crippen molar-refractivity contribution in [3.05, 3.63) is 71.8 Å². The molecule has 6 heteroatoms. The Kier molecular flexibility index (Phi) is 6.99. The number of benzene rings is 2. The third-order valence-electron chi connectivity index (χ3n) is 5.91. The summed E-state index contributed by atoms with van der Waals surface area (Å²) in [6.45, 7) is 7.19. The molecule has 5 atom stereocenters. The van der Waals surface area contributed by atoms with Crippen LogP contribution in [0.25, 0.3) is 0 Å². The Balaban J connectivity index is 1.72. The predicted octanol–water partition coefficient (Wildman–Crippen LogP) is 4.84. The molecule has 2 heterocycles. The molecule has 2 aliphatic heterocycles. The summed E-state index contributed by atoms with van der Waals surface area (Å²) in [5.74, 6) is 0.0752. The van der Waals surface area contributed by atoms with Gasteiger partial charge in [-0.1, -0.05) is 77.9 Å². The summed E-state index contributed by atoms with van der Waals surface area (Å²) in [5.41, 5.74) is 3.91. The van der Waals surface area contributed by atoms with Gasteiger partial charge < -0.3 is 19.1 Å². The molecular weight excluding hydrogens is 392 g/mol. The van der Waals surface area contributed by atoms with Gasteiger partial charge in [-0.15, -0.1) is 0 Å². The highest BCUT2D eigenvalue weighted by molar-refractivity contribution is 6.04. The molecule has 6 nitrogen and oxygen atoms in total. The van der Waals surface area contributed by atoms with Crippen LogP contribution < -0.4 is 0 Å². The Labute approximate surface area is 183 Å². The minimum absolute atomic E-state index is 0.00784. The first kappa shape index (κ1) is 21.5. The maximum absolute atomic E-state index is 5.99. The van der Waals surface area contributed by atoms with Gasteiger partial charge in [-0.05, 0) is 25.0 Å². The molecule has 0 bridgehead atoms. The summed E-state index contributed by atoms with van der Waals surface area (Å²) in [4.78, 5) is 11.7. The molecule has 2 aromatic rings. The van der Waals surface area contributed by atoms with Crippen molar-refractivity contribution >= 4 is 11.4 Å². The van der Waals surface area contributed by atoms with E-state index in [0.717, 1.165) is 22.6 Å². The van der Waals surface area contributed by atoms with E-state index in [1.54, 1.807) is 0 Å². The second-order valence-electron chi connectivity index (χ2n) is 7.86. The quantitative estimate of drug-likeness (QED) is 0.641. The van der Waals surface area contributed by atoms with Crippen molar-refractivity contribution in [1.29, 1.82) is 0 Å². The molecule has 0 N–H and O–H groups in total. The number of rotatable bonds is 7. The molecule has 31 heavy (non-hydrogen) atoms. The number of nitrogens with zero attached hydrogens (tertiary/aromatic N) is 2. The van der Waals surface area contributed by atoms with E-state index in [1.165, 1.54) is 0 Å². The monoisotopic (exact) mass is 422 g/mol. The fourth-order valence-corrected chi connectivity index (χ4v) is 4.44. The van der Waals surface area contributed by atoms with Gasteiger partial charge in [0.25, 0.3) is 0 Å². The fourth-order valence-electron chi connectivity index (χ4n) is 4.44. The van der Waals surface area contributed by atoms with Crippen LogP contribution in [0.2, 0.25) is 0 Å². The third-order valence-corrected chi connectivity index (χ3v) is 5.91. The van der Waals surface area contributed by atoms with Crippen LogP contribution in [-0.4, -0.2) is 37.2 Å². The topological polar surface area (TPSA) is 61.6 Å². The summed E-state index contributed by atoms with van der Waals surface area (Å²) >= 11 is 0. The molecule has 2 aromatic carbocycles. The highest BCUT2D eigenvalue weighted by Gasteiger charge is 2.47. The minimum Gasteiger partial charge on any atom is -0.363 e. The van der Waals surface area contributed by atoms with E-state index in [4.69, 9.17) is 19.1 Å². The smallest absolute Gasteiger partial charge is 0.230 e. The molecule has 0 fully saturated rings. The molecule has 0 radical (unpaired) electrons. The molecule has 0 aliphatic carbocycles. The Bertz CT molecular complexity index is 900. The predicted molar refractivity (Wildman–Crippen MR) is 120 cm³/mol. The van der Waals surface area contributed by atoms with Crippen LogP contribution in [0.5, 0.6) is 0 Å². The lowest BCUT2D eigenvalue weighted by Crippen LogP contribution is -2.48. The van der Waals surface area contributed by atoms with Gasteiger partial charge in [0.15, 0.2) is 0 Å². The van der Waals surface area contributed by atoms with Crippen molar-refractivity contribution in [3.8, 4) is 0 Å². The number of hydrogen-bond acceptors (Lipinski definition) is 6. The average Bonchev–Trinajstić information content (AvgIpc) is 2.82. The highest BCUT2D eigenvalue weighted by atomic mass is 16.8. The summed E-state index contributed by atoms with van der Waals surface area (Å²) in [7, 11) is 0. The largest absolute Gasteiger partial charge is 0.363 e. The van der Waals surface area contributed by atoms with Gasteiger partial charge in [0.1, 0.15) is 0 Å². The van der Waals surface area contributed by atoms with Crippen molar-refractivity contribution in [2.24, 2.45) is 28.1 Å². The first-order valence-corrected chi connectivity index (χ1v) is 11.0. The van der Waals surface area contributed by atoms with Crippen molar-refractivity contribution in [2.75, 3.05) is 13.2 Å². The van der Waals surface area contributed by atoms with E-state index >= 15 is 0 Å². The van der Waals surface area contributed by atoms with Crippen molar-refractivity contribution in [3.63, 3.8) is 0 Å². The van der Waals surface area contributed by atoms with Gasteiger partial charge in [-0.25, -0.2) is 0 Å². The average molecular weight is 423 g/mol. The number of ether oxygens (including phenoxy) is 2. The normalized spacial score (nSPS) is 28.2. The molecule has 0 saturated carbocycles. The zero-order valence-electron chi connectivity index (χ0n) is 18.3. The van der Waals surface area contributed by atoms with Gasteiger partial charge in [-0.3, -0.25) is 0 Å². The van der Waals surface area contributed by atoms with E-state index in [9.17, 15) is 0 Å². The van der Waals surface area contributed by atoms with Crippen LogP contribution >= 0.6 is 0 Å². The molecule has 0 unspecified atom stereocenters. The Morgan fingerprint density at radius 3 is 2.03 bits per heavy atom. The zero-order valence-corrected chi connectivity index (χ0v) is 18.3. The summed E-state index contributed by atoms with van der Waals surface area (Å²) < 4.78 is 11.9. The van der Waals surface area contributed by atoms with Crippen molar-refractivity contribution < 1.29 is 19.1 Å². The SMILES string of the molecule is CCO[C@@H]1ON=C(c2ccccc2)[C@H]([C@@H]2CC(c3ccccc3)=NO[C@H]2OCC)[C@H]1C. The minimum atomic E-state index is -0.459. The second kappa shape index (κ2) is 10.1. The standard InChI is InChI=1S/C25H30N2O4/c1-4-28-24-17(3)22(23(27-30-24)19-14-10-7-11-15-19)20-16-21(18-12-8-6-9-13-18)26-31-25(20)29-5-2/h6-15,17,20,22,24-25H,4-5,16H2,1-3H3/t17-,20+,22+,24-,25-/m1/s1. The van der Waals surface area contributed by atoms with Gasteiger partial charge in [0.2, 0.25) is 12.6 Å². The van der Waals surface area contributed by atoms with Crippen molar-refractivity contribution in [1.82, 2.24) is 0 Å². The molecule has 0 saturated heterocycles. The Morgan fingerprint density at radius 2 is 1.39 bits per heavy atom. The van der Waals surface area contributed by atoms with E-state index in [1.807, 2.05) is 50.2 Å².